The summed E-state index contributed by atoms with van der Waals surface area (Å²) in [7, 11) is 0. The van der Waals surface area contributed by atoms with E-state index >= 15 is 0 Å². The lowest BCUT2D eigenvalue weighted by atomic mass is 10.2. The van der Waals surface area contributed by atoms with Gasteiger partial charge in [0.2, 0.25) is 0 Å². The van der Waals surface area contributed by atoms with Crippen molar-refractivity contribution >= 4 is 21.4 Å². The average molecular weight is 216 g/mol. The smallest absolute Gasteiger partial charge is 0.118 e. The third-order valence-corrected chi connectivity index (χ3v) is 3.31. The van der Waals surface area contributed by atoms with E-state index in [1.54, 1.807) is 29.7 Å². The molecule has 2 aromatic heterocycles. The van der Waals surface area contributed by atoms with Crippen molar-refractivity contribution < 1.29 is 5.11 Å². The van der Waals surface area contributed by atoms with Crippen LogP contribution in [0.5, 0.6) is 5.75 Å². The molecule has 0 aliphatic heterocycles. The summed E-state index contributed by atoms with van der Waals surface area (Å²) >= 11 is 1.61. The highest BCUT2D eigenvalue weighted by molar-refractivity contribution is 7.21. The number of aromatic nitrogens is 2. The topological polar surface area (TPSA) is 38.0 Å². The van der Waals surface area contributed by atoms with Crippen LogP contribution in [0.15, 0.2) is 42.7 Å². The summed E-state index contributed by atoms with van der Waals surface area (Å²) in [5, 5.41) is 15.7. The van der Waals surface area contributed by atoms with Crippen LogP contribution in [0.3, 0.4) is 0 Å². The Balaban J connectivity index is 2.22. The number of benzene rings is 1. The minimum atomic E-state index is 0.302. The third kappa shape index (κ3) is 1.39. The van der Waals surface area contributed by atoms with Gasteiger partial charge in [0.25, 0.3) is 0 Å². The SMILES string of the molecule is Oc1ccc2cc(-n3cccn3)sc2c1. The molecule has 1 N–H and O–H groups in total. The van der Waals surface area contributed by atoms with E-state index in [1.807, 2.05) is 23.0 Å². The second kappa shape index (κ2) is 3.10. The standard InChI is InChI=1S/C11H8N2OS/c14-9-3-2-8-6-11(15-10(8)7-9)13-5-1-4-12-13/h1-7,14H. The molecule has 0 radical (unpaired) electrons. The van der Waals surface area contributed by atoms with Gasteiger partial charge >= 0.3 is 0 Å². The maximum absolute atomic E-state index is 9.35. The number of phenols is 1. The van der Waals surface area contributed by atoms with Gasteiger partial charge in [-0.3, -0.25) is 0 Å². The lowest BCUT2D eigenvalue weighted by Crippen LogP contribution is -1.88. The van der Waals surface area contributed by atoms with Gasteiger partial charge < -0.3 is 5.11 Å². The lowest BCUT2D eigenvalue weighted by molar-refractivity contribution is 0.476. The van der Waals surface area contributed by atoms with Crippen LogP contribution in [-0.2, 0) is 0 Å². The average Bonchev–Trinajstić information content (AvgIpc) is 2.84. The Morgan fingerprint density at radius 2 is 2.20 bits per heavy atom. The Morgan fingerprint density at radius 3 is 3.00 bits per heavy atom. The molecule has 0 saturated heterocycles. The normalized spacial score (nSPS) is 10.9. The Hall–Kier alpha value is -1.81. The Kier molecular flexibility index (Phi) is 1.76. The van der Waals surface area contributed by atoms with E-state index in [9.17, 15) is 5.11 Å². The zero-order chi connectivity index (χ0) is 10.3. The minimum Gasteiger partial charge on any atom is -0.508 e. The molecule has 4 heteroatoms. The van der Waals surface area contributed by atoms with Crippen molar-refractivity contribution in [2.75, 3.05) is 0 Å². The molecule has 0 spiro atoms. The second-order valence-electron chi connectivity index (χ2n) is 3.26. The summed E-state index contributed by atoms with van der Waals surface area (Å²) in [5.41, 5.74) is 0. The molecule has 3 nitrogen and oxygen atoms in total. The number of phenolic OH excluding ortho intramolecular Hbond substituents is 1. The van der Waals surface area contributed by atoms with E-state index in [2.05, 4.69) is 11.2 Å². The molecule has 3 rings (SSSR count). The number of aromatic hydroxyl groups is 1. The van der Waals surface area contributed by atoms with Gasteiger partial charge in [-0.2, -0.15) is 5.10 Å². The van der Waals surface area contributed by atoms with Crippen LogP contribution in [0, 0.1) is 0 Å². The van der Waals surface area contributed by atoms with Crippen molar-refractivity contribution in [1.29, 1.82) is 0 Å². The van der Waals surface area contributed by atoms with Crippen molar-refractivity contribution in [3.05, 3.63) is 42.7 Å². The van der Waals surface area contributed by atoms with Gasteiger partial charge in [-0.15, -0.1) is 11.3 Å². The quantitative estimate of drug-likeness (QED) is 0.679. The van der Waals surface area contributed by atoms with E-state index in [0.717, 1.165) is 15.1 Å². The van der Waals surface area contributed by atoms with Gasteiger partial charge in [0.1, 0.15) is 10.8 Å². The fourth-order valence-corrected chi connectivity index (χ4v) is 2.56. The summed E-state index contributed by atoms with van der Waals surface area (Å²) in [5.74, 6) is 0.302. The number of hydrogen-bond acceptors (Lipinski definition) is 3. The van der Waals surface area contributed by atoms with Gasteiger partial charge in [-0.25, -0.2) is 4.68 Å². The number of fused-ring (bicyclic) bond motifs is 1. The first-order chi connectivity index (χ1) is 7.33. The number of rotatable bonds is 1. The molecule has 0 atom stereocenters. The van der Waals surface area contributed by atoms with Crippen LogP contribution in [0.4, 0.5) is 0 Å². The highest BCUT2D eigenvalue weighted by atomic mass is 32.1. The first kappa shape index (κ1) is 8.49. The van der Waals surface area contributed by atoms with Crippen LogP contribution in [0.2, 0.25) is 0 Å². The Labute approximate surface area is 90.2 Å². The summed E-state index contributed by atoms with van der Waals surface area (Å²) < 4.78 is 2.89. The monoisotopic (exact) mass is 216 g/mol. The molecular formula is C11H8N2OS. The highest BCUT2D eigenvalue weighted by Crippen LogP contribution is 2.30. The molecule has 2 heterocycles. The fourth-order valence-electron chi connectivity index (χ4n) is 1.52. The molecule has 15 heavy (non-hydrogen) atoms. The summed E-state index contributed by atoms with van der Waals surface area (Å²) in [6, 6.07) is 9.33. The van der Waals surface area contributed by atoms with Gasteiger partial charge in [-0.05, 0) is 35.7 Å². The molecule has 0 fully saturated rings. The summed E-state index contributed by atoms with van der Waals surface area (Å²) in [4.78, 5) is 0. The van der Waals surface area contributed by atoms with E-state index < -0.39 is 0 Å². The molecule has 0 saturated carbocycles. The zero-order valence-electron chi connectivity index (χ0n) is 7.79. The third-order valence-electron chi connectivity index (χ3n) is 2.22. The second-order valence-corrected chi connectivity index (χ2v) is 4.32. The van der Waals surface area contributed by atoms with Crippen molar-refractivity contribution in [3.8, 4) is 10.8 Å². The summed E-state index contributed by atoms with van der Waals surface area (Å²) in [6.45, 7) is 0. The molecule has 1 aromatic carbocycles. The number of thiophene rings is 1. The van der Waals surface area contributed by atoms with Crippen molar-refractivity contribution in [2.24, 2.45) is 0 Å². The fraction of sp³-hybridized carbons (Fsp3) is 0. The van der Waals surface area contributed by atoms with E-state index in [0.29, 0.717) is 5.75 Å². The molecule has 74 valence electrons. The van der Waals surface area contributed by atoms with E-state index in [4.69, 9.17) is 0 Å². The lowest BCUT2D eigenvalue weighted by Gasteiger charge is -1.92. The molecule has 0 aliphatic carbocycles. The van der Waals surface area contributed by atoms with Crippen LogP contribution < -0.4 is 0 Å². The maximum Gasteiger partial charge on any atom is 0.118 e. The van der Waals surface area contributed by atoms with E-state index in [-0.39, 0.29) is 0 Å². The van der Waals surface area contributed by atoms with Gasteiger partial charge in [0.15, 0.2) is 0 Å². The van der Waals surface area contributed by atoms with E-state index in [1.165, 1.54) is 0 Å². The van der Waals surface area contributed by atoms with Gasteiger partial charge in [0.05, 0.1) is 0 Å². The Bertz CT molecular complexity index is 598. The molecule has 0 amide bonds. The first-order valence-corrected chi connectivity index (χ1v) is 5.37. The highest BCUT2D eigenvalue weighted by Gasteiger charge is 2.03. The number of hydrogen-bond donors (Lipinski definition) is 1. The molecule has 0 aliphatic rings. The zero-order valence-corrected chi connectivity index (χ0v) is 8.61. The largest absolute Gasteiger partial charge is 0.508 e. The van der Waals surface area contributed by atoms with Crippen molar-refractivity contribution in [1.82, 2.24) is 9.78 Å². The van der Waals surface area contributed by atoms with Crippen molar-refractivity contribution in [3.63, 3.8) is 0 Å². The van der Waals surface area contributed by atoms with Crippen molar-refractivity contribution in [2.45, 2.75) is 0 Å². The van der Waals surface area contributed by atoms with Crippen LogP contribution in [0.25, 0.3) is 15.1 Å². The summed E-state index contributed by atoms with van der Waals surface area (Å²) in [6.07, 6.45) is 3.66. The molecule has 3 aromatic rings. The molecular weight excluding hydrogens is 208 g/mol. The predicted octanol–water partition coefficient (Wildman–Crippen LogP) is 2.79. The Morgan fingerprint density at radius 1 is 1.27 bits per heavy atom. The maximum atomic E-state index is 9.35. The first-order valence-electron chi connectivity index (χ1n) is 4.55. The molecule has 0 unspecified atom stereocenters. The molecule has 0 bridgehead atoms. The minimum absolute atomic E-state index is 0.302. The van der Waals surface area contributed by atoms with Gasteiger partial charge in [-0.1, -0.05) is 0 Å². The van der Waals surface area contributed by atoms with Crippen LogP contribution in [-0.4, -0.2) is 14.9 Å². The van der Waals surface area contributed by atoms with Crippen LogP contribution >= 0.6 is 11.3 Å². The predicted molar refractivity (Wildman–Crippen MR) is 60.6 cm³/mol. The van der Waals surface area contributed by atoms with Crippen LogP contribution in [0.1, 0.15) is 0 Å². The van der Waals surface area contributed by atoms with Gasteiger partial charge in [0, 0.05) is 17.1 Å². The number of nitrogens with zero attached hydrogens (tertiary/aromatic N) is 2.